The molecule has 0 radical (unpaired) electrons. The van der Waals surface area contributed by atoms with Gasteiger partial charge in [-0.1, -0.05) is 0 Å². The maximum absolute atomic E-state index is 2.58. The molecule has 3 heteroatoms. The highest BCUT2D eigenvalue weighted by molar-refractivity contribution is 8.00. The Morgan fingerprint density at radius 3 is 2.08 bits per heavy atom. The van der Waals surface area contributed by atoms with Gasteiger partial charge in [-0.3, -0.25) is 9.80 Å². The van der Waals surface area contributed by atoms with Crippen LogP contribution in [0.5, 0.6) is 0 Å². The van der Waals surface area contributed by atoms with Crippen LogP contribution in [-0.2, 0) is 0 Å². The number of rotatable bonds is 1. The highest BCUT2D eigenvalue weighted by Crippen LogP contribution is 2.30. The van der Waals surface area contributed by atoms with E-state index in [-0.39, 0.29) is 0 Å². The third kappa shape index (κ3) is 1.50. The number of hydrogen-bond acceptors (Lipinski definition) is 3. The fraction of sp³-hybridized carbons (Fsp3) is 1.00. The summed E-state index contributed by atoms with van der Waals surface area (Å²) < 4.78 is 0. The molecule has 2 fully saturated rings. The van der Waals surface area contributed by atoms with Gasteiger partial charge in [0.15, 0.2) is 0 Å². The minimum Gasteiger partial charge on any atom is -0.295 e. The summed E-state index contributed by atoms with van der Waals surface area (Å²) in [6.07, 6.45) is 0. The van der Waals surface area contributed by atoms with Crippen LogP contribution in [0.3, 0.4) is 0 Å². The SMILES string of the molecule is CC(C)(C)N1CC(N2CSC2)C1. The lowest BCUT2D eigenvalue weighted by Crippen LogP contribution is -2.65. The summed E-state index contributed by atoms with van der Waals surface area (Å²) in [4.78, 5) is 5.13. The summed E-state index contributed by atoms with van der Waals surface area (Å²) in [5.41, 5.74) is 0.383. The highest BCUT2D eigenvalue weighted by Gasteiger charge is 2.39. The van der Waals surface area contributed by atoms with E-state index < -0.39 is 0 Å². The minimum atomic E-state index is 0.383. The molecule has 0 unspecified atom stereocenters. The molecule has 0 spiro atoms. The third-order valence-electron chi connectivity index (χ3n) is 2.84. The van der Waals surface area contributed by atoms with Gasteiger partial charge in [0.2, 0.25) is 0 Å². The van der Waals surface area contributed by atoms with Crippen LogP contribution in [0.2, 0.25) is 0 Å². The van der Waals surface area contributed by atoms with Crippen molar-refractivity contribution in [2.75, 3.05) is 24.8 Å². The lowest BCUT2D eigenvalue weighted by Gasteiger charge is -2.53. The van der Waals surface area contributed by atoms with Crippen LogP contribution in [0.4, 0.5) is 0 Å². The Hall–Kier alpha value is 0.270. The summed E-state index contributed by atoms with van der Waals surface area (Å²) in [6, 6.07) is 0.866. The Morgan fingerprint density at radius 2 is 1.75 bits per heavy atom. The Bertz CT molecular complexity index is 166. The molecular formula is C9H18N2S. The Morgan fingerprint density at radius 1 is 1.17 bits per heavy atom. The van der Waals surface area contributed by atoms with Crippen LogP contribution < -0.4 is 0 Å². The van der Waals surface area contributed by atoms with Gasteiger partial charge < -0.3 is 0 Å². The first-order valence-electron chi connectivity index (χ1n) is 4.64. The van der Waals surface area contributed by atoms with E-state index in [9.17, 15) is 0 Å². The van der Waals surface area contributed by atoms with Crippen molar-refractivity contribution in [2.45, 2.75) is 32.4 Å². The molecule has 2 rings (SSSR count). The predicted molar refractivity (Wildman–Crippen MR) is 54.3 cm³/mol. The van der Waals surface area contributed by atoms with Gasteiger partial charge in [-0.2, -0.15) is 0 Å². The molecule has 0 atom stereocenters. The number of nitrogens with zero attached hydrogens (tertiary/aromatic N) is 2. The average molecular weight is 186 g/mol. The maximum Gasteiger partial charge on any atom is 0.0469 e. The summed E-state index contributed by atoms with van der Waals surface area (Å²) in [5, 5.41) is 0. The van der Waals surface area contributed by atoms with Crippen LogP contribution in [0.1, 0.15) is 20.8 Å². The molecule has 12 heavy (non-hydrogen) atoms. The summed E-state index contributed by atoms with van der Waals surface area (Å²) in [5.74, 6) is 2.53. The van der Waals surface area contributed by atoms with Gasteiger partial charge in [-0.05, 0) is 20.8 Å². The van der Waals surface area contributed by atoms with Gasteiger partial charge >= 0.3 is 0 Å². The van der Waals surface area contributed by atoms with Gasteiger partial charge in [-0.25, -0.2) is 0 Å². The molecule has 0 bridgehead atoms. The monoisotopic (exact) mass is 186 g/mol. The predicted octanol–water partition coefficient (Wildman–Crippen LogP) is 1.43. The molecule has 70 valence electrons. The molecule has 2 aliphatic rings. The van der Waals surface area contributed by atoms with Gasteiger partial charge in [-0.15, -0.1) is 11.8 Å². The van der Waals surface area contributed by atoms with E-state index in [2.05, 4.69) is 30.6 Å². The van der Waals surface area contributed by atoms with Crippen molar-refractivity contribution < 1.29 is 0 Å². The normalized spacial score (nSPS) is 28.2. The van der Waals surface area contributed by atoms with Crippen molar-refractivity contribution in [1.82, 2.24) is 9.80 Å². The lowest BCUT2D eigenvalue weighted by atomic mass is 9.97. The molecule has 0 N–H and O–H groups in total. The van der Waals surface area contributed by atoms with E-state index in [1.165, 1.54) is 24.8 Å². The van der Waals surface area contributed by atoms with Crippen molar-refractivity contribution in [3.63, 3.8) is 0 Å². The highest BCUT2D eigenvalue weighted by atomic mass is 32.2. The van der Waals surface area contributed by atoms with Crippen LogP contribution in [-0.4, -0.2) is 46.2 Å². The Labute approximate surface area is 79.3 Å². The molecule has 0 aromatic carbocycles. The Kier molecular flexibility index (Phi) is 2.13. The van der Waals surface area contributed by atoms with E-state index in [1.54, 1.807) is 0 Å². The van der Waals surface area contributed by atoms with Gasteiger partial charge in [0.25, 0.3) is 0 Å². The van der Waals surface area contributed by atoms with E-state index in [1.807, 2.05) is 11.8 Å². The first-order valence-corrected chi connectivity index (χ1v) is 5.80. The number of hydrogen-bond donors (Lipinski definition) is 0. The van der Waals surface area contributed by atoms with Crippen molar-refractivity contribution >= 4 is 11.8 Å². The second kappa shape index (κ2) is 2.89. The van der Waals surface area contributed by atoms with Crippen LogP contribution in [0.25, 0.3) is 0 Å². The van der Waals surface area contributed by atoms with Crippen molar-refractivity contribution in [2.24, 2.45) is 0 Å². The van der Waals surface area contributed by atoms with Gasteiger partial charge in [0.05, 0.1) is 0 Å². The Balaban J connectivity index is 1.76. The second-order valence-electron chi connectivity index (χ2n) is 4.78. The molecule has 0 aromatic heterocycles. The van der Waals surface area contributed by atoms with Crippen molar-refractivity contribution in [1.29, 1.82) is 0 Å². The second-order valence-corrected chi connectivity index (χ2v) is 5.71. The van der Waals surface area contributed by atoms with Crippen molar-refractivity contribution in [3.8, 4) is 0 Å². The topological polar surface area (TPSA) is 6.48 Å². The van der Waals surface area contributed by atoms with Crippen LogP contribution in [0.15, 0.2) is 0 Å². The van der Waals surface area contributed by atoms with E-state index in [0.717, 1.165) is 6.04 Å². The first-order chi connectivity index (χ1) is 5.57. The molecule has 0 aliphatic carbocycles. The molecule has 2 heterocycles. The summed E-state index contributed by atoms with van der Waals surface area (Å²) in [7, 11) is 0. The zero-order valence-corrected chi connectivity index (χ0v) is 9.02. The molecule has 2 aliphatic heterocycles. The van der Waals surface area contributed by atoms with Gasteiger partial charge in [0.1, 0.15) is 0 Å². The fourth-order valence-electron chi connectivity index (χ4n) is 1.64. The first kappa shape index (κ1) is 8.85. The van der Waals surface area contributed by atoms with E-state index in [4.69, 9.17) is 0 Å². The lowest BCUT2D eigenvalue weighted by molar-refractivity contribution is -0.0127. The minimum absolute atomic E-state index is 0.383. The molecule has 2 nitrogen and oxygen atoms in total. The zero-order chi connectivity index (χ0) is 8.77. The molecule has 0 saturated carbocycles. The average Bonchev–Trinajstić information content (AvgIpc) is 1.67. The number of thioether (sulfide) groups is 1. The summed E-state index contributed by atoms with van der Waals surface area (Å²) >= 11 is 2.04. The molecule has 2 saturated heterocycles. The molecule has 0 amide bonds. The molecule has 0 aromatic rings. The summed E-state index contributed by atoms with van der Waals surface area (Å²) in [6.45, 7) is 9.46. The standard InChI is InChI=1S/C9H18N2S/c1-9(2,3)11-4-8(5-11)10-6-12-7-10/h8H,4-7H2,1-3H3. The van der Waals surface area contributed by atoms with Crippen molar-refractivity contribution in [3.05, 3.63) is 0 Å². The zero-order valence-electron chi connectivity index (χ0n) is 8.21. The molecular weight excluding hydrogens is 168 g/mol. The third-order valence-corrected chi connectivity index (χ3v) is 3.87. The smallest absolute Gasteiger partial charge is 0.0469 e. The largest absolute Gasteiger partial charge is 0.295 e. The van der Waals surface area contributed by atoms with Crippen LogP contribution >= 0.6 is 11.8 Å². The number of likely N-dealkylation sites (tertiary alicyclic amines) is 1. The van der Waals surface area contributed by atoms with E-state index >= 15 is 0 Å². The van der Waals surface area contributed by atoms with Gasteiger partial charge in [0, 0.05) is 36.4 Å². The maximum atomic E-state index is 2.58. The fourth-order valence-corrected chi connectivity index (χ4v) is 2.46. The van der Waals surface area contributed by atoms with E-state index in [0.29, 0.717) is 5.54 Å². The quantitative estimate of drug-likeness (QED) is 0.612. The van der Waals surface area contributed by atoms with Crippen LogP contribution in [0, 0.1) is 0 Å².